The van der Waals surface area contributed by atoms with Gasteiger partial charge in [-0.15, -0.1) is 0 Å². The van der Waals surface area contributed by atoms with Crippen molar-refractivity contribution in [3.05, 3.63) is 0 Å². The summed E-state index contributed by atoms with van der Waals surface area (Å²) in [5.74, 6) is -0.0412. The van der Waals surface area contributed by atoms with Crippen LogP contribution in [0.1, 0.15) is 45.4 Å². The Labute approximate surface area is 119 Å². The first kappa shape index (κ1) is 15.4. The molecule has 0 radical (unpaired) electrons. The maximum Gasteiger partial charge on any atom is 0.120 e. The summed E-state index contributed by atoms with van der Waals surface area (Å²) in [5.41, 5.74) is -0.633. The van der Waals surface area contributed by atoms with Crippen molar-refractivity contribution in [1.29, 1.82) is 5.26 Å². The molecule has 2 rings (SSSR count). The van der Waals surface area contributed by atoms with E-state index in [2.05, 4.69) is 6.07 Å². The van der Waals surface area contributed by atoms with Gasteiger partial charge in [-0.2, -0.15) is 5.26 Å². The molecule has 112 valence electrons. The number of fused-ring (bicyclic) bond motifs is 1. The molecule has 0 aromatic heterocycles. The topological polar surface area (TPSA) is 79.5 Å². The second-order valence-electron chi connectivity index (χ2n) is 6.00. The van der Waals surface area contributed by atoms with Gasteiger partial charge in [0.15, 0.2) is 0 Å². The zero-order valence-electron chi connectivity index (χ0n) is 12.0. The minimum Gasteiger partial charge on any atom is -0.393 e. The summed E-state index contributed by atoms with van der Waals surface area (Å²) in [6.45, 7) is 1.83. The van der Waals surface area contributed by atoms with E-state index in [9.17, 15) is 9.90 Å². The molecule has 0 aromatic rings. The fourth-order valence-electron chi connectivity index (χ4n) is 3.35. The van der Waals surface area contributed by atoms with Crippen LogP contribution < -0.4 is 0 Å². The second kappa shape index (κ2) is 6.66. The Hall–Kier alpha value is -0.960. The van der Waals surface area contributed by atoms with Gasteiger partial charge in [0.1, 0.15) is 11.9 Å². The van der Waals surface area contributed by atoms with E-state index in [1.807, 2.05) is 6.92 Å². The van der Waals surface area contributed by atoms with Crippen LogP contribution in [0.3, 0.4) is 0 Å². The van der Waals surface area contributed by atoms with Crippen molar-refractivity contribution in [3.8, 4) is 6.07 Å². The first-order valence-corrected chi connectivity index (χ1v) is 7.41. The summed E-state index contributed by atoms with van der Waals surface area (Å²) in [6, 6.07) is 2.23. The number of rotatable bonds is 6. The zero-order valence-corrected chi connectivity index (χ0v) is 12.0. The Kier molecular flexibility index (Phi) is 5.14. The first-order chi connectivity index (χ1) is 9.63. The largest absolute Gasteiger partial charge is 0.393 e. The van der Waals surface area contributed by atoms with Gasteiger partial charge in [0, 0.05) is 18.8 Å². The SMILES string of the molecule is C[C@@H](C#N)CC1CCC2OC(CCC=O)CC2(CO)O1. The number of aliphatic hydroxyl groups is 1. The Morgan fingerprint density at radius 1 is 1.50 bits per heavy atom. The van der Waals surface area contributed by atoms with E-state index in [0.29, 0.717) is 25.7 Å². The quantitative estimate of drug-likeness (QED) is 0.748. The lowest BCUT2D eigenvalue weighted by Crippen LogP contribution is -2.51. The van der Waals surface area contributed by atoms with Gasteiger partial charge in [-0.1, -0.05) is 0 Å². The molecule has 0 aliphatic carbocycles. The van der Waals surface area contributed by atoms with E-state index >= 15 is 0 Å². The van der Waals surface area contributed by atoms with Gasteiger partial charge in [-0.25, -0.2) is 0 Å². The number of nitriles is 1. The molecule has 0 saturated carbocycles. The molecular weight excluding hydrogens is 258 g/mol. The highest BCUT2D eigenvalue weighted by atomic mass is 16.6. The van der Waals surface area contributed by atoms with Crippen LogP contribution >= 0.6 is 0 Å². The third-order valence-corrected chi connectivity index (χ3v) is 4.38. The number of carbonyl (C=O) groups excluding carboxylic acids is 1. The van der Waals surface area contributed by atoms with Gasteiger partial charge >= 0.3 is 0 Å². The monoisotopic (exact) mass is 281 g/mol. The Morgan fingerprint density at radius 2 is 2.30 bits per heavy atom. The number of hydrogen-bond acceptors (Lipinski definition) is 5. The van der Waals surface area contributed by atoms with Crippen molar-refractivity contribution in [1.82, 2.24) is 0 Å². The van der Waals surface area contributed by atoms with Crippen molar-refractivity contribution in [3.63, 3.8) is 0 Å². The van der Waals surface area contributed by atoms with Gasteiger partial charge < -0.3 is 19.4 Å². The van der Waals surface area contributed by atoms with Crippen molar-refractivity contribution in [2.45, 2.75) is 69.4 Å². The second-order valence-corrected chi connectivity index (χ2v) is 6.00. The zero-order chi connectivity index (χ0) is 14.6. The molecule has 5 atom stereocenters. The third kappa shape index (κ3) is 3.20. The minimum atomic E-state index is -0.633. The van der Waals surface area contributed by atoms with Crippen molar-refractivity contribution < 1.29 is 19.4 Å². The van der Waals surface area contributed by atoms with Crippen molar-refractivity contribution in [2.24, 2.45) is 5.92 Å². The summed E-state index contributed by atoms with van der Waals surface area (Å²) in [5, 5.41) is 18.7. The molecule has 0 aromatic carbocycles. The normalized spacial score (nSPS) is 38.0. The van der Waals surface area contributed by atoms with E-state index in [1.165, 1.54) is 0 Å². The third-order valence-electron chi connectivity index (χ3n) is 4.38. The molecule has 2 saturated heterocycles. The van der Waals surface area contributed by atoms with Gasteiger partial charge in [0.2, 0.25) is 0 Å². The summed E-state index contributed by atoms with van der Waals surface area (Å²) in [4.78, 5) is 10.5. The summed E-state index contributed by atoms with van der Waals surface area (Å²) >= 11 is 0. The Morgan fingerprint density at radius 3 is 2.95 bits per heavy atom. The van der Waals surface area contributed by atoms with Crippen LogP contribution in [0.4, 0.5) is 0 Å². The van der Waals surface area contributed by atoms with E-state index in [-0.39, 0.29) is 30.8 Å². The number of nitrogens with zero attached hydrogens (tertiary/aromatic N) is 1. The highest BCUT2D eigenvalue weighted by Crippen LogP contribution is 2.43. The summed E-state index contributed by atoms with van der Waals surface area (Å²) < 4.78 is 12.0. The molecule has 2 aliphatic heterocycles. The molecule has 1 N–H and O–H groups in total. The van der Waals surface area contributed by atoms with E-state index < -0.39 is 5.60 Å². The highest BCUT2D eigenvalue weighted by molar-refractivity contribution is 5.49. The van der Waals surface area contributed by atoms with E-state index in [1.54, 1.807) is 0 Å². The summed E-state index contributed by atoms with van der Waals surface area (Å²) in [6.07, 6.45) is 5.03. The van der Waals surface area contributed by atoms with Gasteiger partial charge in [0.25, 0.3) is 0 Å². The highest BCUT2D eigenvalue weighted by Gasteiger charge is 2.52. The summed E-state index contributed by atoms with van der Waals surface area (Å²) in [7, 11) is 0. The Balaban J connectivity index is 1.98. The van der Waals surface area contributed by atoms with Gasteiger partial charge in [0.05, 0.1) is 31.0 Å². The maximum atomic E-state index is 10.5. The molecule has 20 heavy (non-hydrogen) atoms. The van der Waals surface area contributed by atoms with E-state index in [4.69, 9.17) is 14.7 Å². The lowest BCUT2D eigenvalue weighted by atomic mass is 9.85. The van der Waals surface area contributed by atoms with Crippen LogP contribution in [-0.4, -0.2) is 41.9 Å². The number of hydrogen-bond donors (Lipinski definition) is 1. The first-order valence-electron chi connectivity index (χ1n) is 7.41. The molecule has 2 fully saturated rings. The fraction of sp³-hybridized carbons (Fsp3) is 0.867. The molecule has 5 nitrogen and oxygen atoms in total. The smallest absolute Gasteiger partial charge is 0.120 e. The minimum absolute atomic E-state index is 0.00973. The number of ether oxygens (including phenoxy) is 2. The molecule has 0 bridgehead atoms. The standard InChI is InChI=1S/C15H23NO4/c1-11(9-16)7-12-4-5-14-15(10-18,20-12)8-13(19-14)3-2-6-17/h6,11-14,18H,2-5,7-8,10H2,1H3/t11-,12?,13?,14?,15?/m1/s1. The van der Waals surface area contributed by atoms with Crippen molar-refractivity contribution in [2.75, 3.05) is 6.61 Å². The molecule has 2 heterocycles. The number of aldehydes is 1. The molecule has 0 spiro atoms. The number of carbonyl (C=O) groups is 1. The van der Waals surface area contributed by atoms with Gasteiger partial charge in [-0.3, -0.25) is 0 Å². The van der Waals surface area contributed by atoms with Crippen LogP contribution in [0, 0.1) is 17.2 Å². The van der Waals surface area contributed by atoms with E-state index in [0.717, 1.165) is 19.1 Å². The molecule has 2 aliphatic rings. The van der Waals surface area contributed by atoms with Crippen molar-refractivity contribution >= 4 is 6.29 Å². The van der Waals surface area contributed by atoms with Crippen LogP contribution in [-0.2, 0) is 14.3 Å². The Bertz CT molecular complexity index is 381. The predicted octanol–water partition coefficient (Wildman–Crippen LogP) is 1.58. The predicted molar refractivity (Wildman–Crippen MR) is 71.9 cm³/mol. The fourth-order valence-corrected chi connectivity index (χ4v) is 3.35. The molecule has 5 heteroatoms. The van der Waals surface area contributed by atoms with Crippen LogP contribution in [0.2, 0.25) is 0 Å². The maximum absolute atomic E-state index is 10.5. The molecule has 0 amide bonds. The molecular formula is C15H23NO4. The lowest BCUT2D eigenvalue weighted by Gasteiger charge is -2.41. The van der Waals surface area contributed by atoms with Crippen LogP contribution in [0.5, 0.6) is 0 Å². The van der Waals surface area contributed by atoms with Crippen LogP contribution in [0.15, 0.2) is 0 Å². The van der Waals surface area contributed by atoms with Crippen LogP contribution in [0.25, 0.3) is 0 Å². The lowest BCUT2D eigenvalue weighted by molar-refractivity contribution is -0.185. The van der Waals surface area contributed by atoms with Gasteiger partial charge in [-0.05, 0) is 32.6 Å². The number of aliphatic hydroxyl groups excluding tert-OH is 1. The molecule has 4 unspecified atom stereocenters. The average Bonchev–Trinajstić information content (AvgIpc) is 2.83. The average molecular weight is 281 g/mol.